The zero-order chi connectivity index (χ0) is 17.8. The Morgan fingerprint density at radius 1 is 1.40 bits per heavy atom. The molecule has 0 saturated carbocycles. The summed E-state index contributed by atoms with van der Waals surface area (Å²) in [6.45, 7) is 1.64. The molecule has 1 aromatic rings. The van der Waals surface area contributed by atoms with Crippen LogP contribution in [0.4, 0.5) is 5.69 Å². The molecule has 0 aromatic carbocycles. The number of nitriles is 1. The number of piperidine rings is 1. The lowest BCUT2D eigenvalue weighted by Gasteiger charge is -2.34. The summed E-state index contributed by atoms with van der Waals surface area (Å²) in [4.78, 5) is 28.1. The van der Waals surface area contributed by atoms with Crippen LogP contribution in [0.15, 0.2) is 29.8 Å². The number of hydrazine groups is 1. The molecule has 4 N–H and O–H groups in total. The summed E-state index contributed by atoms with van der Waals surface area (Å²) < 4.78 is 5.94. The lowest BCUT2D eigenvalue weighted by molar-refractivity contribution is -0.122. The Morgan fingerprint density at radius 2 is 2.16 bits per heavy atom. The first kappa shape index (κ1) is 16.7. The van der Waals surface area contributed by atoms with Crippen molar-refractivity contribution in [2.75, 3.05) is 18.1 Å². The summed E-state index contributed by atoms with van der Waals surface area (Å²) in [5, 5.41) is 13.3. The monoisotopic (exact) mass is 342 g/mol. The Morgan fingerprint density at radius 3 is 2.76 bits per heavy atom. The minimum atomic E-state index is -0.715. The van der Waals surface area contributed by atoms with Crippen LogP contribution in [0.2, 0.25) is 0 Å². The molecule has 9 heteroatoms. The second kappa shape index (κ2) is 7.19. The molecule has 2 aliphatic heterocycles. The summed E-state index contributed by atoms with van der Waals surface area (Å²) in [5.41, 5.74) is 8.83. The summed E-state index contributed by atoms with van der Waals surface area (Å²) in [6.07, 6.45) is 2.83. The molecule has 25 heavy (non-hydrogen) atoms. The van der Waals surface area contributed by atoms with Gasteiger partial charge in [-0.1, -0.05) is 0 Å². The molecule has 1 saturated heterocycles. The molecule has 0 unspecified atom stereocenters. The number of pyridine rings is 1. The molecule has 1 aromatic heterocycles. The van der Waals surface area contributed by atoms with Gasteiger partial charge < -0.3 is 15.8 Å². The zero-order valence-electron chi connectivity index (χ0n) is 13.5. The normalized spacial score (nSPS) is 18.5. The van der Waals surface area contributed by atoms with E-state index in [9.17, 15) is 9.59 Å². The number of carbonyl (C=O) groups is 2. The largest absolute Gasteiger partial charge is 0.492 e. The van der Waals surface area contributed by atoms with Gasteiger partial charge in [0.2, 0.25) is 5.91 Å². The van der Waals surface area contributed by atoms with E-state index in [0.717, 1.165) is 25.9 Å². The van der Waals surface area contributed by atoms with Gasteiger partial charge in [0, 0.05) is 0 Å². The molecule has 3 rings (SSSR count). The van der Waals surface area contributed by atoms with E-state index in [1.54, 1.807) is 6.07 Å². The molecule has 0 aliphatic carbocycles. The van der Waals surface area contributed by atoms with Crippen LogP contribution in [0.1, 0.15) is 25.0 Å². The molecular formula is C16H18N6O3. The molecule has 3 heterocycles. The van der Waals surface area contributed by atoms with Gasteiger partial charge in [0.1, 0.15) is 23.6 Å². The zero-order valence-corrected chi connectivity index (χ0v) is 13.5. The SMILES string of the molecule is N#Cc1ccc(N2NC(=O)CC(OC3CCNCC3)=C2C(N)=O)cn1. The summed E-state index contributed by atoms with van der Waals surface area (Å²) in [7, 11) is 0. The number of rotatable bonds is 4. The van der Waals surface area contributed by atoms with Gasteiger partial charge >= 0.3 is 0 Å². The van der Waals surface area contributed by atoms with E-state index in [-0.39, 0.29) is 35.6 Å². The Hall–Kier alpha value is -3.12. The number of nitrogens with one attached hydrogen (secondary N) is 2. The van der Waals surface area contributed by atoms with Crippen molar-refractivity contribution in [3.8, 4) is 6.07 Å². The van der Waals surface area contributed by atoms with Crippen molar-refractivity contribution in [2.45, 2.75) is 25.4 Å². The Labute approximate surface area is 144 Å². The Kier molecular flexibility index (Phi) is 4.81. The second-order valence-electron chi connectivity index (χ2n) is 5.76. The predicted molar refractivity (Wildman–Crippen MR) is 87.4 cm³/mol. The minimum Gasteiger partial charge on any atom is -0.492 e. The van der Waals surface area contributed by atoms with Crippen molar-refractivity contribution in [2.24, 2.45) is 5.73 Å². The molecule has 2 amide bonds. The minimum absolute atomic E-state index is 0.0532. The van der Waals surface area contributed by atoms with E-state index in [0.29, 0.717) is 5.69 Å². The van der Waals surface area contributed by atoms with Crippen LogP contribution < -0.4 is 21.5 Å². The number of nitrogens with two attached hydrogens (primary N) is 1. The van der Waals surface area contributed by atoms with Gasteiger partial charge in [0.25, 0.3) is 5.91 Å². The maximum absolute atomic E-state index is 12.1. The topological polar surface area (TPSA) is 133 Å². The van der Waals surface area contributed by atoms with Crippen LogP contribution in [0, 0.1) is 11.3 Å². The molecule has 1 fully saturated rings. The average Bonchev–Trinajstić information content (AvgIpc) is 2.62. The number of aromatic nitrogens is 1. The third kappa shape index (κ3) is 3.70. The summed E-state index contributed by atoms with van der Waals surface area (Å²) in [5.74, 6) is -0.779. The van der Waals surface area contributed by atoms with Gasteiger partial charge in [-0.25, -0.2) is 9.99 Å². The standard InChI is InChI=1S/C16H18N6O3/c17-8-10-1-2-11(9-20-10)22-15(16(18)24)13(7-14(23)21-22)25-12-3-5-19-6-4-12/h1-2,9,12,19H,3-7H2,(H2,18,24)(H,21,23). The van der Waals surface area contributed by atoms with Crippen molar-refractivity contribution in [3.63, 3.8) is 0 Å². The van der Waals surface area contributed by atoms with E-state index in [2.05, 4.69) is 15.7 Å². The Bertz CT molecular complexity index is 746. The first-order valence-electron chi connectivity index (χ1n) is 7.94. The van der Waals surface area contributed by atoms with Crippen molar-refractivity contribution in [1.82, 2.24) is 15.7 Å². The van der Waals surface area contributed by atoms with Gasteiger partial charge in [0.15, 0.2) is 5.70 Å². The third-order valence-corrected chi connectivity index (χ3v) is 3.99. The van der Waals surface area contributed by atoms with Crippen LogP contribution in [0.25, 0.3) is 0 Å². The first-order chi connectivity index (χ1) is 12.1. The highest BCUT2D eigenvalue weighted by molar-refractivity contribution is 6.00. The van der Waals surface area contributed by atoms with Crippen molar-refractivity contribution in [1.29, 1.82) is 5.26 Å². The lowest BCUT2D eigenvalue weighted by atomic mass is 10.1. The van der Waals surface area contributed by atoms with E-state index >= 15 is 0 Å². The first-order valence-corrected chi connectivity index (χ1v) is 7.94. The number of carbonyl (C=O) groups excluding carboxylic acids is 2. The highest BCUT2D eigenvalue weighted by atomic mass is 16.5. The lowest BCUT2D eigenvalue weighted by Crippen LogP contribution is -2.50. The number of amides is 2. The number of primary amides is 1. The second-order valence-corrected chi connectivity index (χ2v) is 5.76. The number of ether oxygens (including phenoxy) is 1. The van der Waals surface area contributed by atoms with Crippen molar-refractivity contribution in [3.05, 3.63) is 35.5 Å². The van der Waals surface area contributed by atoms with Gasteiger partial charge in [-0.2, -0.15) is 5.26 Å². The highest BCUT2D eigenvalue weighted by Crippen LogP contribution is 2.26. The van der Waals surface area contributed by atoms with Crippen LogP contribution in [0.3, 0.4) is 0 Å². The van der Waals surface area contributed by atoms with E-state index in [1.807, 2.05) is 6.07 Å². The molecule has 0 bridgehead atoms. The van der Waals surface area contributed by atoms with Gasteiger partial charge in [-0.15, -0.1) is 0 Å². The van der Waals surface area contributed by atoms with Gasteiger partial charge in [-0.3, -0.25) is 15.0 Å². The fourth-order valence-electron chi connectivity index (χ4n) is 2.81. The average molecular weight is 342 g/mol. The van der Waals surface area contributed by atoms with Gasteiger partial charge in [0.05, 0.1) is 18.3 Å². The molecule has 2 aliphatic rings. The number of hydrogen-bond acceptors (Lipinski definition) is 7. The molecule has 9 nitrogen and oxygen atoms in total. The Balaban J connectivity index is 1.94. The summed E-state index contributed by atoms with van der Waals surface area (Å²) >= 11 is 0. The van der Waals surface area contributed by atoms with Crippen LogP contribution >= 0.6 is 0 Å². The summed E-state index contributed by atoms with van der Waals surface area (Å²) in [6, 6.07) is 4.97. The van der Waals surface area contributed by atoms with Crippen LogP contribution in [-0.4, -0.2) is 36.0 Å². The third-order valence-electron chi connectivity index (χ3n) is 3.99. The molecular weight excluding hydrogens is 324 g/mol. The molecule has 0 atom stereocenters. The number of hydrogen-bond donors (Lipinski definition) is 3. The highest BCUT2D eigenvalue weighted by Gasteiger charge is 2.32. The maximum atomic E-state index is 12.1. The van der Waals surface area contributed by atoms with E-state index < -0.39 is 5.91 Å². The molecule has 0 spiro atoms. The molecule has 0 radical (unpaired) electrons. The smallest absolute Gasteiger partial charge is 0.270 e. The molecule has 130 valence electrons. The maximum Gasteiger partial charge on any atom is 0.270 e. The van der Waals surface area contributed by atoms with E-state index in [4.69, 9.17) is 15.7 Å². The fraction of sp³-hybridized carbons (Fsp3) is 0.375. The number of nitrogens with zero attached hydrogens (tertiary/aromatic N) is 3. The van der Waals surface area contributed by atoms with Crippen molar-refractivity contribution >= 4 is 17.5 Å². The fourth-order valence-corrected chi connectivity index (χ4v) is 2.81. The van der Waals surface area contributed by atoms with E-state index in [1.165, 1.54) is 17.3 Å². The van der Waals surface area contributed by atoms with Crippen LogP contribution in [0.5, 0.6) is 0 Å². The quantitative estimate of drug-likeness (QED) is 0.681. The van der Waals surface area contributed by atoms with Gasteiger partial charge in [-0.05, 0) is 38.1 Å². The number of anilines is 1. The predicted octanol–water partition coefficient (Wildman–Crippen LogP) is -0.340. The van der Waals surface area contributed by atoms with Crippen molar-refractivity contribution < 1.29 is 14.3 Å². The van der Waals surface area contributed by atoms with Crippen LogP contribution in [-0.2, 0) is 14.3 Å².